The fraction of sp³-hybridized carbons (Fsp3) is 0.417. The average molecular weight is 304 g/mol. The third-order valence-corrected chi connectivity index (χ3v) is 2.44. The first-order valence-corrected chi connectivity index (χ1v) is 5.95. The molecular formula is C12H14F2N2O5. The highest BCUT2D eigenvalue weighted by molar-refractivity contribution is 5.98. The molecule has 0 unspecified atom stereocenters. The second-order valence-corrected chi connectivity index (χ2v) is 3.90. The number of carbonyl (C=O) groups is 1. The van der Waals surface area contributed by atoms with Gasteiger partial charge in [-0.3, -0.25) is 14.9 Å². The van der Waals surface area contributed by atoms with Crippen LogP contribution in [0.3, 0.4) is 0 Å². The summed E-state index contributed by atoms with van der Waals surface area (Å²) >= 11 is 0. The highest BCUT2D eigenvalue weighted by Crippen LogP contribution is 2.22. The Morgan fingerprint density at radius 3 is 2.57 bits per heavy atom. The largest absolute Gasteiger partial charge is 0.382 e. The predicted octanol–water partition coefficient (Wildman–Crippen LogP) is 1.27. The first kappa shape index (κ1) is 16.9. The Labute approximate surface area is 119 Å². The van der Waals surface area contributed by atoms with E-state index >= 15 is 0 Å². The van der Waals surface area contributed by atoms with Gasteiger partial charge in [-0.25, -0.2) is 8.78 Å². The lowest BCUT2D eigenvalue weighted by Crippen LogP contribution is -2.28. The molecule has 0 atom stereocenters. The molecule has 0 saturated heterocycles. The van der Waals surface area contributed by atoms with Crippen molar-refractivity contribution in [2.45, 2.75) is 0 Å². The number of carbonyl (C=O) groups excluding carboxylic acids is 1. The summed E-state index contributed by atoms with van der Waals surface area (Å²) in [5, 5.41) is 13.1. The van der Waals surface area contributed by atoms with Crippen molar-refractivity contribution in [1.29, 1.82) is 0 Å². The second kappa shape index (κ2) is 8.22. The lowest BCUT2D eigenvalue weighted by molar-refractivity contribution is -0.385. The van der Waals surface area contributed by atoms with Crippen molar-refractivity contribution in [3.05, 3.63) is 39.4 Å². The minimum absolute atomic E-state index is 0.0682. The lowest BCUT2D eigenvalue weighted by Gasteiger charge is -2.07. The van der Waals surface area contributed by atoms with Crippen LogP contribution in [0, 0.1) is 21.7 Å². The minimum atomic E-state index is -1.39. The number of methoxy groups -OCH3 is 1. The number of nitrogens with zero attached hydrogens (tertiary/aromatic N) is 1. The molecule has 1 aromatic rings. The van der Waals surface area contributed by atoms with Crippen molar-refractivity contribution in [3.63, 3.8) is 0 Å². The normalized spacial score (nSPS) is 10.4. The first-order chi connectivity index (χ1) is 9.97. The zero-order valence-corrected chi connectivity index (χ0v) is 11.2. The van der Waals surface area contributed by atoms with Crippen molar-refractivity contribution in [1.82, 2.24) is 5.32 Å². The molecule has 7 nitrogen and oxygen atoms in total. The van der Waals surface area contributed by atoms with Crippen LogP contribution in [-0.4, -0.2) is 44.3 Å². The predicted molar refractivity (Wildman–Crippen MR) is 68.0 cm³/mol. The smallest absolute Gasteiger partial charge is 0.285 e. The van der Waals surface area contributed by atoms with E-state index in [1.807, 2.05) is 0 Å². The summed E-state index contributed by atoms with van der Waals surface area (Å²) in [5.41, 5.74) is -1.34. The fourth-order valence-corrected chi connectivity index (χ4v) is 1.45. The van der Waals surface area contributed by atoms with E-state index in [1.165, 1.54) is 7.11 Å². The Morgan fingerprint density at radius 2 is 1.95 bits per heavy atom. The maximum atomic E-state index is 13.1. The molecule has 0 fully saturated rings. The monoisotopic (exact) mass is 304 g/mol. The van der Waals surface area contributed by atoms with E-state index in [2.05, 4.69) is 5.32 Å². The number of benzene rings is 1. The van der Waals surface area contributed by atoms with Gasteiger partial charge in [-0.1, -0.05) is 0 Å². The maximum absolute atomic E-state index is 13.1. The molecule has 1 amide bonds. The average Bonchev–Trinajstić information content (AvgIpc) is 2.44. The molecule has 0 aliphatic rings. The van der Waals surface area contributed by atoms with E-state index in [0.717, 1.165) is 0 Å². The molecule has 0 aliphatic carbocycles. The van der Waals surface area contributed by atoms with Crippen molar-refractivity contribution >= 4 is 11.6 Å². The Balaban J connectivity index is 2.65. The van der Waals surface area contributed by atoms with Gasteiger partial charge in [0, 0.05) is 13.7 Å². The molecule has 21 heavy (non-hydrogen) atoms. The van der Waals surface area contributed by atoms with Gasteiger partial charge < -0.3 is 14.8 Å². The molecule has 1 N–H and O–H groups in total. The number of nitro benzene ring substituents is 1. The molecular weight excluding hydrogens is 290 g/mol. The van der Waals surface area contributed by atoms with Crippen LogP contribution in [0.5, 0.6) is 0 Å². The summed E-state index contributed by atoms with van der Waals surface area (Å²) in [7, 11) is 1.51. The van der Waals surface area contributed by atoms with Crippen LogP contribution in [0.15, 0.2) is 12.1 Å². The Kier molecular flexibility index (Phi) is 6.63. The van der Waals surface area contributed by atoms with Crippen molar-refractivity contribution in [2.75, 3.05) is 33.5 Å². The highest BCUT2D eigenvalue weighted by Gasteiger charge is 2.23. The number of nitrogens with one attached hydrogen (secondary N) is 1. The molecule has 0 saturated carbocycles. The molecule has 0 aliphatic heterocycles. The number of hydrogen-bond acceptors (Lipinski definition) is 5. The molecule has 0 aromatic heterocycles. The molecule has 0 spiro atoms. The van der Waals surface area contributed by atoms with E-state index < -0.39 is 33.7 Å². The first-order valence-electron chi connectivity index (χ1n) is 5.95. The summed E-state index contributed by atoms with van der Waals surface area (Å²) in [4.78, 5) is 21.5. The molecule has 9 heteroatoms. The van der Waals surface area contributed by atoms with E-state index in [4.69, 9.17) is 9.47 Å². The summed E-state index contributed by atoms with van der Waals surface area (Å²) in [6.45, 7) is 0.950. The number of ether oxygens (including phenoxy) is 2. The lowest BCUT2D eigenvalue weighted by atomic mass is 10.1. The molecule has 0 bridgehead atoms. The van der Waals surface area contributed by atoms with E-state index in [9.17, 15) is 23.7 Å². The van der Waals surface area contributed by atoms with Crippen LogP contribution in [0.2, 0.25) is 0 Å². The third-order valence-electron chi connectivity index (χ3n) is 2.44. The van der Waals surface area contributed by atoms with Gasteiger partial charge in [0.15, 0.2) is 11.6 Å². The van der Waals surface area contributed by atoms with Crippen molar-refractivity contribution in [3.8, 4) is 0 Å². The number of nitro groups is 1. The van der Waals surface area contributed by atoms with Gasteiger partial charge in [0.1, 0.15) is 5.56 Å². The van der Waals surface area contributed by atoms with Crippen LogP contribution >= 0.6 is 0 Å². The van der Waals surface area contributed by atoms with Crippen LogP contribution in [0.1, 0.15) is 10.4 Å². The maximum Gasteiger partial charge on any atom is 0.285 e. The molecule has 1 aromatic carbocycles. The minimum Gasteiger partial charge on any atom is -0.382 e. The van der Waals surface area contributed by atoms with E-state index in [1.54, 1.807) is 0 Å². The zero-order valence-electron chi connectivity index (χ0n) is 11.2. The summed E-state index contributed by atoms with van der Waals surface area (Å²) < 4.78 is 35.9. The van der Waals surface area contributed by atoms with E-state index in [-0.39, 0.29) is 13.2 Å². The molecule has 116 valence electrons. The van der Waals surface area contributed by atoms with Gasteiger partial charge in [-0.2, -0.15) is 0 Å². The van der Waals surface area contributed by atoms with Gasteiger partial charge >= 0.3 is 0 Å². The molecule has 0 radical (unpaired) electrons. The van der Waals surface area contributed by atoms with Gasteiger partial charge in [0.05, 0.1) is 30.8 Å². The van der Waals surface area contributed by atoms with Crippen LogP contribution in [0.4, 0.5) is 14.5 Å². The second-order valence-electron chi connectivity index (χ2n) is 3.90. The van der Waals surface area contributed by atoms with Gasteiger partial charge in [-0.05, 0) is 6.07 Å². The highest BCUT2D eigenvalue weighted by atomic mass is 19.2. The summed E-state index contributed by atoms with van der Waals surface area (Å²) in [5.74, 6) is -3.60. The van der Waals surface area contributed by atoms with E-state index in [0.29, 0.717) is 25.3 Å². The van der Waals surface area contributed by atoms with Crippen LogP contribution < -0.4 is 5.32 Å². The Bertz CT molecular complexity index is 525. The number of amides is 1. The topological polar surface area (TPSA) is 90.7 Å². The number of halogens is 2. The number of hydrogen-bond donors (Lipinski definition) is 1. The zero-order chi connectivity index (χ0) is 15.8. The van der Waals surface area contributed by atoms with Crippen molar-refractivity contribution in [2.24, 2.45) is 0 Å². The van der Waals surface area contributed by atoms with Gasteiger partial charge in [-0.15, -0.1) is 0 Å². The standard InChI is InChI=1S/C12H14F2N2O5/c1-20-4-5-21-3-2-15-12(17)8-6-9(13)10(14)7-11(8)16(18)19/h6-7H,2-5H2,1H3,(H,15,17). The molecule has 1 rings (SSSR count). The van der Waals surface area contributed by atoms with Gasteiger partial charge in [0.2, 0.25) is 0 Å². The van der Waals surface area contributed by atoms with Crippen molar-refractivity contribution < 1.29 is 28.0 Å². The van der Waals surface area contributed by atoms with Crippen LogP contribution in [0.25, 0.3) is 0 Å². The van der Waals surface area contributed by atoms with Gasteiger partial charge in [0.25, 0.3) is 11.6 Å². The summed E-state index contributed by atoms with van der Waals surface area (Å²) in [6.07, 6.45) is 0. The third kappa shape index (κ3) is 5.04. The SMILES string of the molecule is COCCOCCNC(=O)c1cc(F)c(F)cc1[N+](=O)[O-]. The Hall–Kier alpha value is -2.13. The Morgan fingerprint density at radius 1 is 1.29 bits per heavy atom. The summed E-state index contributed by atoms with van der Waals surface area (Å²) in [6, 6.07) is 0.869. The molecule has 0 heterocycles. The fourth-order valence-electron chi connectivity index (χ4n) is 1.45. The van der Waals surface area contributed by atoms with Crippen LogP contribution in [-0.2, 0) is 9.47 Å². The number of rotatable bonds is 8. The quantitative estimate of drug-likeness (QED) is 0.443.